The molecule has 0 saturated carbocycles. The van der Waals surface area contributed by atoms with Crippen LogP contribution in [-0.2, 0) is 11.2 Å². The lowest BCUT2D eigenvalue weighted by Gasteiger charge is -2.33. The lowest BCUT2D eigenvalue weighted by atomic mass is 9.96. The van der Waals surface area contributed by atoms with Gasteiger partial charge in [0.2, 0.25) is 5.91 Å². The molecule has 5 heteroatoms. The molecule has 27 heavy (non-hydrogen) atoms. The van der Waals surface area contributed by atoms with Crippen molar-refractivity contribution < 1.29 is 9.53 Å². The third kappa shape index (κ3) is 5.71. The van der Waals surface area contributed by atoms with Gasteiger partial charge in [0.1, 0.15) is 5.75 Å². The van der Waals surface area contributed by atoms with E-state index in [1.807, 2.05) is 44.3 Å². The predicted octanol–water partition coefficient (Wildman–Crippen LogP) is 3.36. The highest BCUT2D eigenvalue weighted by molar-refractivity contribution is 5.78. The quantitative estimate of drug-likeness (QED) is 0.815. The number of nitrogens with one attached hydrogen (secondary N) is 1. The lowest BCUT2D eigenvalue weighted by Crippen LogP contribution is -2.39. The number of aryl methyl sites for hydroxylation is 1. The smallest absolute Gasteiger partial charge is 0.224 e. The van der Waals surface area contributed by atoms with Gasteiger partial charge in [0.25, 0.3) is 0 Å². The van der Waals surface area contributed by atoms with Crippen LogP contribution in [0.2, 0.25) is 0 Å². The van der Waals surface area contributed by atoms with Gasteiger partial charge in [0, 0.05) is 37.2 Å². The van der Waals surface area contributed by atoms with Gasteiger partial charge in [-0.15, -0.1) is 0 Å². The zero-order valence-electron chi connectivity index (χ0n) is 16.3. The van der Waals surface area contributed by atoms with E-state index in [1.54, 1.807) is 0 Å². The monoisotopic (exact) mass is 367 g/mol. The number of hydrogen-bond donors (Lipinski definition) is 1. The van der Waals surface area contributed by atoms with E-state index in [9.17, 15) is 4.79 Å². The molecule has 1 saturated heterocycles. The second-order valence-electron chi connectivity index (χ2n) is 7.14. The van der Waals surface area contributed by atoms with Crippen LogP contribution in [0.4, 0.5) is 5.69 Å². The van der Waals surface area contributed by atoms with E-state index in [0.29, 0.717) is 18.9 Å². The van der Waals surface area contributed by atoms with Crippen LogP contribution >= 0.6 is 0 Å². The summed E-state index contributed by atoms with van der Waals surface area (Å²) in [6.07, 6.45) is 4.49. The molecule has 0 spiro atoms. The molecule has 1 amide bonds. The molecule has 144 valence electrons. The summed E-state index contributed by atoms with van der Waals surface area (Å²) in [5.41, 5.74) is 3.32. The molecule has 2 aromatic rings. The number of rotatable bonds is 7. The van der Waals surface area contributed by atoms with E-state index in [2.05, 4.69) is 27.3 Å². The van der Waals surface area contributed by atoms with Gasteiger partial charge in [-0.25, -0.2) is 0 Å². The Morgan fingerprint density at radius 2 is 1.96 bits per heavy atom. The Bertz CT molecular complexity index is 737. The van der Waals surface area contributed by atoms with Crippen LogP contribution < -0.4 is 15.0 Å². The molecular weight excluding hydrogens is 338 g/mol. The minimum Gasteiger partial charge on any atom is -0.494 e. The number of anilines is 1. The van der Waals surface area contributed by atoms with Crippen molar-refractivity contribution in [1.29, 1.82) is 0 Å². The molecular formula is C22H29N3O2. The fourth-order valence-electron chi connectivity index (χ4n) is 3.50. The standard InChI is InChI=1S/C22H29N3O2/c1-3-27-21-6-4-18(5-7-21)15-22(26)24-16-19-9-12-25(13-10-19)20-8-11-23-17(2)14-20/h4-8,11,14,19H,3,9-10,12-13,15-16H2,1-2H3,(H,24,26). The molecule has 1 aliphatic heterocycles. The van der Waals surface area contributed by atoms with Crippen LogP contribution in [0, 0.1) is 12.8 Å². The zero-order valence-corrected chi connectivity index (χ0v) is 16.3. The molecule has 1 aromatic heterocycles. The van der Waals surface area contributed by atoms with Crippen molar-refractivity contribution in [3.05, 3.63) is 53.9 Å². The van der Waals surface area contributed by atoms with Crippen molar-refractivity contribution in [2.75, 3.05) is 31.1 Å². The summed E-state index contributed by atoms with van der Waals surface area (Å²) in [4.78, 5) is 18.9. The van der Waals surface area contributed by atoms with Crippen molar-refractivity contribution in [3.63, 3.8) is 0 Å². The predicted molar refractivity (Wildman–Crippen MR) is 108 cm³/mol. The number of pyridine rings is 1. The minimum absolute atomic E-state index is 0.0892. The average molecular weight is 367 g/mol. The molecule has 1 fully saturated rings. The molecule has 1 N–H and O–H groups in total. The van der Waals surface area contributed by atoms with Crippen LogP contribution in [0.5, 0.6) is 5.75 Å². The van der Waals surface area contributed by atoms with Crippen LogP contribution in [0.1, 0.15) is 31.0 Å². The Hall–Kier alpha value is -2.56. The summed E-state index contributed by atoms with van der Waals surface area (Å²) in [7, 11) is 0. The van der Waals surface area contributed by atoms with Crippen LogP contribution in [0.3, 0.4) is 0 Å². The van der Waals surface area contributed by atoms with Gasteiger partial charge >= 0.3 is 0 Å². The molecule has 0 atom stereocenters. The van der Waals surface area contributed by atoms with Gasteiger partial charge in [0.15, 0.2) is 0 Å². The fourth-order valence-corrected chi connectivity index (χ4v) is 3.50. The Kier molecular flexibility index (Phi) is 6.69. The van der Waals surface area contributed by atoms with E-state index >= 15 is 0 Å². The molecule has 3 rings (SSSR count). The molecule has 0 bridgehead atoms. The number of amides is 1. The number of carbonyl (C=O) groups is 1. The van der Waals surface area contributed by atoms with E-state index in [4.69, 9.17) is 4.74 Å². The minimum atomic E-state index is 0.0892. The van der Waals surface area contributed by atoms with Gasteiger partial charge in [-0.3, -0.25) is 9.78 Å². The molecule has 1 aromatic carbocycles. The summed E-state index contributed by atoms with van der Waals surface area (Å²) in [5, 5.41) is 3.11. The molecule has 0 radical (unpaired) electrons. The SMILES string of the molecule is CCOc1ccc(CC(=O)NCC2CCN(c3ccnc(C)c3)CC2)cc1. The number of aromatic nitrogens is 1. The van der Waals surface area contributed by atoms with Crippen molar-refractivity contribution in [3.8, 4) is 5.75 Å². The highest BCUT2D eigenvalue weighted by Gasteiger charge is 2.20. The van der Waals surface area contributed by atoms with Gasteiger partial charge in [-0.2, -0.15) is 0 Å². The highest BCUT2D eigenvalue weighted by Crippen LogP contribution is 2.23. The maximum Gasteiger partial charge on any atom is 0.224 e. The summed E-state index contributed by atoms with van der Waals surface area (Å²) in [6, 6.07) is 12.0. The lowest BCUT2D eigenvalue weighted by molar-refractivity contribution is -0.120. The normalized spacial score (nSPS) is 14.8. The van der Waals surface area contributed by atoms with Crippen molar-refractivity contribution in [2.45, 2.75) is 33.1 Å². The van der Waals surface area contributed by atoms with Crippen molar-refractivity contribution in [2.24, 2.45) is 5.92 Å². The first kappa shape index (κ1) is 19.2. The number of benzene rings is 1. The summed E-state index contributed by atoms with van der Waals surface area (Å²) < 4.78 is 5.43. The molecule has 0 aliphatic carbocycles. The molecule has 2 heterocycles. The number of piperidine rings is 1. The number of ether oxygens (including phenoxy) is 1. The highest BCUT2D eigenvalue weighted by atomic mass is 16.5. The molecule has 1 aliphatic rings. The largest absolute Gasteiger partial charge is 0.494 e. The maximum absolute atomic E-state index is 12.2. The first-order valence-corrected chi connectivity index (χ1v) is 9.80. The van der Waals surface area contributed by atoms with Crippen molar-refractivity contribution in [1.82, 2.24) is 10.3 Å². The Labute approximate surface area is 161 Å². The van der Waals surface area contributed by atoms with E-state index < -0.39 is 0 Å². The van der Waals surface area contributed by atoms with E-state index in [1.165, 1.54) is 5.69 Å². The Morgan fingerprint density at radius 1 is 1.22 bits per heavy atom. The molecule has 5 nitrogen and oxygen atoms in total. The third-order valence-corrected chi connectivity index (χ3v) is 5.05. The van der Waals surface area contributed by atoms with Gasteiger partial charge in [-0.1, -0.05) is 12.1 Å². The topological polar surface area (TPSA) is 54.5 Å². The Balaban J connectivity index is 1.40. The maximum atomic E-state index is 12.2. The first-order chi connectivity index (χ1) is 13.1. The summed E-state index contributed by atoms with van der Waals surface area (Å²) in [6.45, 7) is 7.46. The number of carbonyl (C=O) groups excluding carboxylic acids is 1. The van der Waals surface area contributed by atoms with Gasteiger partial charge < -0.3 is 15.0 Å². The molecule has 0 unspecified atom stereocenters. The summed E-state index contributed by atoms with van der Waals surface area (Å²) >= 11 is 0. The third-order valence-electron chi connectivity index (χ3n) is 5.05. The zero-order chi connectivity index (χ0) is 19.1. The summed E-state index contributed by atoms with van der Waals surface area (Å²) in [5.74, 6) is 1.48. The first-order valence-electron chi connectivity index (χ1n) is 9.80. The Morgan fingerprint density at radius 3 is 2.63 bits per heavy atom. The van der Waals surface area contributed by atoms with E-state index in [0.717, 1.165) is 49.5 Å². The second kappa shape index (κ2) is 9.40. The van der Waals surface area contributed by atoms with Gasteiger partial charge in [-0.05, 0) is 62.4 Å². The number of nitrogens with zero attached hydrogens (tertiary/aromatic N) is 2. The van der Waals surface area contributed by atoms with Crippen molar-refractivity contribution >= 4 is 11.6 Å². The van der Waals surface area contributed by atoms with Gasteiger partial charge in [0.05, 0.1) is 13.0 Å². The fraction of sp³-hybridized carbons (Fsp3) is 0.455. The van der Waals surface area contributed by atoms with Crippen LogP contribution in [-0.4, -0.2) is 37.1 Å². The van der Waals surface area contributed by atoms with E-state index in [-0.39, 0.29) is 5.91 Å². The van der Waals surface area contributed by atoms with Crippen LogP contribution in [0.25, 0.3) is 0 Å². The second-order valence-corrected chi connectivity index (χ2v) is 7.14. The average Bonchev–Trinajstić information content (AvgIpc) is 2.68. The van der Waals surface area contributed by atoms with Crippen LogP contribution in [0.15, 0.2) is 42.6 Å². The number of hydrogen-bond acceptors (Lipinski definition) is 4.